The molecule has 0 saturated carbocycles. The molecule has 5 heteroatoms. The molecular weight excluding hydrogens is 328 g/mol. The summed E-state index contributed by atoms with van der Waals surface area (Å²) < 4.78 is 0. The van der Waals surface area contributed by atoms with Crippen LogP contribution < -0.4 is 4.90 Å². The minimum atomic E-state index is 0.0177. The van der Waals surface area contributed by atoms with Gasteiger partial charge < -0.3 is 4.90 Å². The van der Waals surface area contributed by atoms with Gasteiger partial charge in [-0.05, 0) is 24.3 Å². The summed E-state index contributed by atoms with van der Waals surface area (Å²) in [5.41, 5.74) is 2.67. The third kappa shape index (κ3) is 3.78. The van der Waals surface area contributed by atoms with E-state index in [0.717, 1.165) is 22.0 Å². The van der Waals surface area contributed by atoms with Crippen LogP contribution in [-0.2, 0) is 11.2 Å². The second-order valence-electron chi connectivity index (χ2n) is 5.12. The van der Waals surface area contributed by atoms with Gasteiger partial charge >= 0.3 is 0 Å². The summed E-state index contributed by atoms with van der Waals surface area (Å²) in [5, 5.41) is 3.53. The Morgan fingerprint density at radius 1 is 1.13 bits per heavy atom. The van der Waals surface area contributed by atoms with Crippen LogP contribution in [0.5, 0.6) is 0 Å². The third-order valence-electron chi connectivity index (χ3n) is 3.49. The maximum absolute atomic E-state index is 12.4. The maximum atomic E-state index is 12.4. The minimum absolute atomic E-state index is 0.0177. The van der Waals surface area contributed by atoms with Crippen molar-refractivity contribution in [3.05, 3.63) is 70.7 Å². The lowest BCUT2D eigenvalue weighted by Gasteiger charge is -2.16. The lowest BCUT2D eigenvalue weighted by Crippen LogP contribution is -2.27. The number of benzene rings is 2. The predicted molar refractivity (Wildman–Crippen MR) is 96.1 cm³/mol. The van der Waals surface area contributed by atoms with Crippen molar-refractivity contribution < 1.29 is 4.79 Å². The zero-order valence-corrected chi connectivity index (χ0v) is 14.1. The molecule has 23 heavy (non-hydrogen) atoms. The normalized spacial score (nSPS) is 10.5. The summed E-state index contributed by atoms with van der Waals surface area (Å²) in [6.07, 6.45) is 0.287. The van der Waals surface area contributed by atoms with Crippen molar-refractivity contribution >= 4 is 34.5 Å². The second-order valence-corrected chi connectivity index (χ2v) is 6.41. The van der Waals surface area contributed by atoms with E-state index in [0.29, 0.717) is 5.02 Å². The number of carbonyl (C=O) groups excluding carboxylic acids is 1. The quantitative estimate of drug-likeness (QED) is 0.690. The first kappa shape index (κ1) is 15.7. The number of likely N-dealkylation sites (N-methyl/N-ethyl adjacent to an activating group) is 1. The lowest BCUT2D eigenvalue weighted by atomic mass is 10.2. The molecule has 0 spiro atoms. The highest BCUT2D eigenvalue weighted by molar-refractivity contribution is 7.13. The zero-order valence-electron chi connectivity index (χ0n) is 12.6. The van der Waals surface area contributed by atoms with E-state index < -0.39 is 0 Å². The van der Waals surface area contributed by atoms with Gasteiger partial charge in [0.25, 0.3) is 0 Å². The molecule has 0 unspecified atom stereocenters. The molecule has 0 saturated heterocycles. The first-order valence-electron chi connectivity index (χ1n) is 7.15. The van der Waals surface area contributed by atoms with Gasteiger partial charge in [-0.15, -0.1) is 11.3 Å². The highest BCUT2D eigenvalue weighted by Crippen LogP contribution is 2.25. The van der Waals surface area contributed by atoms with Gasteiger partial charge in [-0.2, -0.15) is 0 Å². The molecule has 0 aliphatic heterocycles. The SMILES string of the molecule is CN(C(=O)Cc1csc(-c2ccc(Cl)cc2)n1)c1ccccc1. The van der Waals surface area contributed by atoms with Crippen molar-refractivity contribution in [3.8, 4) is 10.6 Å². The van der Waals surface area contributed by atoms with Crippen LogP contribution in [0.15, 0.2) is 60.0 Å². The first-order valence-corrected chi connectivity index (χ1v) is 8.41. The summed E-state index contributed by atoms with van der Waals surface area (Å²) in [7, 11) is 1.78. The van der Waals surface area contributed by atoms with Gasteiger partial charge in [-0.3, -0.25) is 4.79 Å². The molecule has 0 bridgehead atoms. The number of hydrogen-bond acceptors (Lipinski definition) is 3. The summed E-state index contributed by atoms with van der Waals surface area (Å²) in [4.78, 5) is 18.6. The van der Waals surface area contributed by atoms with E-state index in [9.17, 15) is 4.79 Å². The van der Waals surface area contributed by atoms with Crippen LogP contribution in [0.1, 0.15) is 5.69 Å². The molecule has 0 aliphatic rings. The van der Waals surface area contributed by atoms with E-state index in [4.69, 9.17) is 11.6 Å². The lowest BCUT2D eigenvalue weighted by molar-refractivity contribution is -0.117. The molecule has 1 heterocycles. The molecule has 116 valence electrons. The molecule has 2 aromatic carbocycles. The largest absolute Gasteiger partial charge is 0.315 e. The Morgan fingerprint density at radius 3 is 2.52 bits per heavy atom. The van der Waals surface area contributed by atoms with Gasteiger partial charge in [0.15, 0.2) is 0 Å². The summed E-state index contributed by atoms with van der Waals surface area (Å²) in [6.45, 7) is 0. The molecule has 0 fully saturated rings. The molecule has 0 N–H and O–H groups in total. The fourth-order valence-electron chi connectivity index (χ4n) is 2.18. The average molecular weight is 343 g/mol. The Bertz CT molecular complexity index is 799. The van der Waals surface area contributed by atoms with Crippen LogP contribution in [0.3, 0.4) is 0 Å². The smallest absolute Gasteiger partial charge is 0.232 e. The van der Waals surface area contributed by atoms with Gasteiger partial charge in [0.1, 0.15) is 5.01 Å². The Balaban J connectivity index is 1.71. The number of nitrogens with zero attached hydrogens (tertiary/aromatic N) is 2. The molecule has 3 aromatic rings. The van der Waals surface area contributed by atoms with Crippen LogP contribution in [-0.4, -0.2) is 17.9 Å². The first-order chi connectivity index (χ1) is 11.1. The van der Waals surface area contributed by atoms with Gasteiger partial charge in [0.05, 0.1) is 12.1 Å². The van der Waals surface area contributed by atoms with Crippen molar-refractivity contribution in [2.75, 3.05) is 11.9 Å². The summed E-state index contributed by atoms with van der Waals surface area (Å²) in [5.74, 6) is 0.0177. The molecule has 3 rings (SSSR count). The molecular formula is C18H15ClN2OS. The number of carbonyl (C=O) groups is 1. The van der Waals surface area contributed by atoms with Crippen molar-refractivity contribution in [2.24, 2.45) is 0 Å². The van der Waals surface area contributed by atoms with Crippen molar-refractivity contribution in [1.82, 2.24) is 4.98 Å². The van der Waals surface area contributed by atoms with Gasteiger partial charge in [-0.1, -0.05) is 41.9 Å². The highest BCUT2D eigenvalue weighted by Gasteiger charge is 2.14. The average Bonchev–Trinajstić information content (AvgIpc) is 3.04. The fourth-order valence-corrected chi connectivity index (χ4v) is 3.13. The summed E-state index contributed by atoms with van der Waals surface area (Å²) in [6, 6.07) is 17.1. The third-order valence-corrected chi connectivity index (χ3v) is 4.69. The number of halogens is 1. The maximum Gasteiger partial charge on any atom is 0.232 e. The predicted octanol–water partition coefficient (Wildman–Crippen LogP) is 4.67. The molecule has 0 aliphatic carbocycles. The number of amides is 1. The van der Waals surface area contributed by atoms with Crippen LogP contribution >= 0.6 is 22.9 Å². The Kier molecular flexibility index (Phi) is 4.74. The number of aromatic nitrogens is 1. The van der Waals surface area contributed by atoms with Crippen LogP contribution in [0.4, 0.5) is 5.69 Å². The monoisotopic (exact) mass is 342 g/mol. The Morgan fingerprint density at radius 2 is 1.83 bits per heavy atom. The van der Waals surface area contributed by atoms with E-state index >= 15 is 0 Å². The van der Waals surface area contributed by atoms with Crippen molar-refractivity contribution in [2.45, 2.75) is 6.42 Å². The van der Waals surface area contributed by atoms with E-state index in [-0.39, 0.29) is 12.3 Å². The number of hydrogen-bond donors (Lipinski definition) is 0. The zero-order chi connectivity index (χ0) is 16.2. The molecule has 1 amide bonds. The fraction of sp³-hybridized carbons (Fsp3) is 0.111. The van der Waals surface area contributed by atoms with Crippen molar-refractivity contribution in [3.63, 3.8) is 0 Å². The number of para-hydroxylation sites is 1. The number of thiazole rings is 1. The van der Waals surface area contributed by atoms with E-state index in [1.54, 1.807) is 11.9 Å². The topological polar surface area (TPSA) is 33.2 Å². The number of anilines is 1. The van der Waals surface area contributed by atoms with Gasteiger partial charge in [-0.25, -0.2) is 4.98 Å². The van der Waals surface area contributed by atoms with E-state index in [1.807, 2.05) is 60.0 Å². The second kappa shape index (κ2) is 6.94. The number of rotatable bonds is 4. The van der Waals surface area contributed by atoms with E-state index in [1.165, 1.54) is 11.3 Å². The molecule has 0 radical (unpaired) electrons. The molecule has 1 aromatic heterocycles. The van der Waals surface area contributed by atoms with Gasteiger partial charge in [0.2, 0.25) is 5.91 Å². The molecule has 3 nitrogen and oxygen atoms in total. The van der Waals surface area contributed by atoms with Gasteiger partial charge in [0, 0.05) is 28.7 Å². The van der Waals surface area contributed by atoms with Crippen LogP contribution in [0.25, 0.3) is 10.6 Å². The summed E-state index contributed by atoms with van der Waals surface area (Å²) >= 11 is 7.43. The highest BCUT2D eigenvalue weighted by atomic mass is 35.5. The van der Waals surface area contributed by atoms with Crippen LogP contribution in [0.2, 0.25) is 5.02 Å². The van der Waals surface area contributed by atoms with Crippen molar-refractivity contribution in [1.29, 1.82) is 0 Å². The Hall–Kier alpha value is -2.17. The Labute approximate surface area is 144 Å². The van der Waals surface area contributed by atoms with E-state index in [2.05, 4.69) is 4.98 Å². The standard InChI is InChI=1S/C18H15ClN2OS/c1-21(16-5-3-2-4-6-16)17(22)11-15-12-23-18(20-15)13-7-9-14(19)10-8-13/h2-10,12H,11H2,1H3. The van der Waals surface area contributed by atoms with Crippen LogP contribution in [0, 0.1) is 0 Å². The minimum Gasteiger partial charge on any atom is -0.315 e. The molecule has 0 atom stereocenters.